The fraction of sp³-hybridized carbons (Fsp3) is 0.231. The van der Waals surface area contributed by atoms with Crippen LogP contribution in [0.5, 0.6) is 0 Å². The van der Waals surface area contributed by atoms with E-state index in [1.807, 2.05) is 61.5 Å². The molecule has 1 saturated heterocycles. The summed E-state index contributed by atoms with van der Waals surface area (Å²) < 4.78 is 15.2. The van der Waals surface area contributed by atoms with E-state index in [4.69, 9.17) is 14.2 Å². The summed E-state index contributed by atoms with van der Waals surface area (Å²) in [4.78, 5) is 12.5. The van der Waals surface area contributed by atoms with Gasteiger partial charge >= 0.3 is 5.97 Å². The third-order valence-electron chi connectivity index (χ3n) is 4.82. The van der Waals surface area contributed by atoms with Gasteiger partial charge in [-0.15, -0.1) is 0 Å². The Kier molecular flexibility index (Phi) is 9.11. The Hall–Kier alpha value is -2.65. The normalized spacial score (nSPS) is 13.5. The highest BCUT2D eigenvalue weighted by Crippen LogP contribution is 2.43. The van der Waals surface area contributed by atoms with Crippen LogP contribution in [-0.4, -0.2) is 44.8 Å². The van der Waals surface area contributed by atoms with Crippen LogP contribution in [0.3, 0.4) is 0 Å². The number of benzene rings is 3. The van der Waals surface area contributed by atoms with Crippen molar-refractivity contribution in [2.24, 2.45) is 0 Å². The number of hydrogen-bond donors (Lipinski definition) is 0. The lowest BCUT2D eigenvalue weighted by molar-refractivity contribution is -0.134. The number of hydrogen-bond acceptors (Lipinski definition) is 4. The van der Waals surface area contributed by atoms with Crippen molar-refractivity contribution in [3.63, 3.8) is 0 Å². The third kappa shape index (κ3) is 6.18. The van der Waals surface area contributed by atoms with Crippen LogP contribution in [0.15, 0.2) is 91.0 Å². The second-order valence-corrected chi connectivity index (χ2v) is 10.1. The first-order valence-corrected chi connectivity index (χ1v) is 12.4. The van der Waals surface area contributed by atoms with Crippen LogP contribution in [-0.2, 0) is 19.0 Å². The molecule has 1 fully saturated rings. The molecular formula is C26H29O4P. The van der Waals surface area contributed by atoms with Gasteiger partial charge in [-0.2, -0.15) is 0 Å². The summed E-state index contributed by atoms with van der Waals surface area (Å²) in [5.41, 5.74) is 0. The van der Waals surface area contributed by atoms with Gasteiger partial charge in [0.25, 0.3) is 0 Å². The molecule has 162 valence electrons. The van der Waals surface area contributed by atoms with Crippen LogP contribution in [0.1, 0.15) is 6.92 Å². The molecule has 5 heteroatoms. The fourth-order valence-electron chi connectivity index (χ4n) is 3.44. The van der Waals surface area contributed by atoms with Crippen molar-refractivity contribution >= 4 is 34.6 Å². The predicted octanol–water partition coefficient (Wildman–Crippen LogP) is 3.38. The van der Waals surface area contributed by atoms with Gasteiger partial charge in [0, 0.05) is 5.80 Å². The number of esters is 1. The molecule has 0 aliphatic carbocycles. The molecule has 0 aromatic heterocycles. The van der Waals surface area contributed by atoms with E-state index in [1.54, 1.807) is 5.80 Å². The molecule has 0 unspecified atom stereocenters. The lowest BCUT2D eigenvalue weighted by Gasteiger charge is -2.28. The minimum absolute atomic E-state index is 0.271. The lowest BCUT2D eigenvalue weighted by Crippen LogP contribution is -2.29. The maximum atomic E-state index is 12.5. The number of carbonyl (C=O) groups excluding carboxylic acids is 1. The first kappa shape index (κ1) is 23.0. The van der Waals surface area contributed by atoms with Crippen molar-refractivity contribution in [2.45, 2.75) is 6.92 Å². The molecule has 3 aromatic carbocycles. The largest absolute Gasteiger partial charge is 0.463 e. The Balaban J connectivity index is 0.000000391. The molecular weight excluding hydrogens is 407 g/mol. The van der Waals surface area contributed by atoms with E-state index in [0.29, 0.717) is 6.61 Å². The van der Waals surface area contributed by atoms with Crippen molar-refractivity contribution < 1.29 is 19.0 Å². The van der Waals surface area contributed by atoms with E-state index in [1.165, 1.54) is 0 Å². The van der Waals surface area contributed by atoms with Crippen LogP contribution < -0.4 is 15.9 Å². The molecule has 1 aliphatic heterocycles. The van der Waals surface area contributed by atoms with E-state index in [9.17, 15) is 4.79 Å². The summed E-state index contributed by atoms with van der Waals surface area (Å²) in [5.74, 6) is 1.53. The van der Waals surface area contributed by atoms with Gasteiger partial charge in [-0.3, -0.25) is 0 Å². The Labute approximate surface area is 184 Å². The Morgan fingerprint density at radius 2 is 1.10 bits per heavy atom. The average Bonchev–Trinajstić information content (AvgIpc) is 2.86. The van der Waals surface area contributed by atoms with E-state index in [2.05, 4.69) is 36.4 Å². The standard InChI is InChI=1S/C22H21O2P.C4H8O2/c1-2-24-22(23)18-25(19-12-6-3-7-13-19,20-14-8-4-9-15-20)21-16-10-5-11-17-21;1-2-6-4-3-5-1/h3-18H,2H2,1H3;1-4H2. The van der Waals surface area contributed by atoms with Gasteiger partial charge < -0.3 is 14.2 Å². The van der Waals surface area contributed by atoms with Crippen molar-refractivity contribution in [1.29, 1.82) is 0 Å². The highest BCUT2D eigenvalue weighted by atomic mass is 31.2. The van der Waals surface area contributed by atoms with Crippen LogP contribution in [0.25, 0.3) is 0 Å². The van der Waals surface area contributed by atoms with E-state index in [0.717, 1.165) is 42.3 Å². The molecule has 0 bridgehead atoms. The Morgan fingerprint density at radius 3 is 1.39 bits per heavy atom. The second-order valence-electron chi connectivity index (χ2n) is 6.84. The molecule has 4 rings (SSSR count). The highest BCUT2D eigenvalue weighted by Gasteiger charge is 2.26. The zero-order valence-electron chi connectivity index (χ0n) is 17.9. The molecule has 1 heterocycles. The SMILES string of the molecule is C1COCCO1.CCOC(=O)C=P(c1ccccc1)(c1ccccc1)c1ccccc1. The first-order chi connectivity index (χ1) is 15.3. The van der Waals surface area contributed by atoms with E-state index < -0.39 is 6.89 Å². The van der Waals surface area contributed by atoms with Gasteiger partial charge in [0.15, 0.2) is 0 Å². The summed E-state index contributed by atoms with van der Waals surface area (Å²) in [7, 11) is 0. The number of ether oxygens (including phenoxy) is 3. The zero-order valence-corrected chi connectivity index (χ0v) is 18.7. The van der Waals surface area contributed by atoms with E-state index >= 15 is 0 Å². The third-order valence-corrected chi connectivity index (χ3v) is 8.76. The van der Waals surface area contributed by atoms with Crippen LogP contribution in [0, 0.1) is 0 Å². The van der Waals surface area contributed by atoms with E-state index in [-0.39, 0.29) is 5.97 Å². The lowest BCUT2D eigenvalue weighted by atomic mass is 10.4. The zero-order chi connectivity index (χ0) is 21.8. The first-order valence-electron chi connectivity index (χ1n) is 10.5. The highest BCUT2D eigenvalue weighted by molar-refractivity contribution is 7.95. The van der Waals surface area contributed by atoms with Crippen molar-refractivity contribution in [3.8, 4) is 0 Å². The summed E-state index contributed by atoms with van der Waals surface area (Å²) in [6.45, 7) is 3.07. The summed E-state index contributed by atoms with van der Waals surface area (Å²) in [6, 6.07) is 30.7. The molecule has 31 heavy (non-hydrogen) atoms. The molecule has 0 amide bonds. The number of rotatable bonds is 5. The van der Waals surface area contributed by atoms with Gasteiger partial charge in [-0.1, -0.05) is 91.0 Å². The summed E-state index contributed by atoms with van der Waals surface area (Å²) in [5, 5.41) is 3.42. The average molecular weight is 436 g/mol. The summed E-state index contributed by atoms with van der Waals surface area (Å²) in [6.07, 6.45) is 0. The Bertz CT molecular complexity index is 853. The van der Waals surface area contributed by atoms with Crippen LogP contribution >= 0.6 is 6.89 Å². The maximum Gasteiger partial charge on any atom is 0.331 e. The minimum atomic E-state index is -2.24. The van der Waals surface area contributed by atoms with Crippen LogP contribution in [0.2, 0.25) is 0 Å². The molecule has 0 N–H and O–H groups in total. The van der Waals surface area contributed by atoms with Crippen molar-refractivity contribution in [3.05, 3.63) is 91.0 Å². The van der Waals surface area contributed by atoms with Gasteiger partial charge in [0.2, 0.25) is 0 Å². The molecule has 1 aliphatic rings. The van der Waals surface area contributed by atoms with Crippen molar-refractivity contribution in [1.82, 2.24) is 0 Å². The topological polar surface area (TPSA) is 44.8 Å². The molecule has 4 nitrogen and oxygen atoms in total. The molecule has 3 aromatic rings. The van der Waals surface area contributed by atoms with Crippen LogP contribution in [0.4, 0.5) is 0 Å². The molecule has 0 saturated carbocycles. The monoisotopic (exact) mass is 436 g/mol. The quantitative estimate of drug-likeness (QED) is 0.455. The summed E-state index contributed by atoms with van der Waals surface area (Å²) >= 11 is 0. The maximum absolute atomic E-state index is 12.5. The Morgan fingerprint density at radius 1 is 0.742 bits per heavy atom. The van der Waals surface area contributed by atoms with Gasteiger partial charge in [0.05, 0.1) is 33.0 Å². The molecule has 0 radical (unpaired) electrons. The van der Waals surface area contributed by atoms with Gasteiger partial charge in [-0.05, 0) is 29.7 Å². The smallest absolute Gasteiger partial charge is 0.331 e. The van der Waals surface area contributed by atoms with Gasteiger partial charge in [-0.25, -0.2) is 4.79 Å². The fourth-order valence-corrected chi connectivity index (χ4v) is 7.10. The van der Waals surface area contributed by atoms with Crippen molar-refractivity contribution in [2.75, 3.05) is 33.0 Å². The number of carbonyl (C=O) groups is 1. The second kappa shape index (κ2) is 12.3. The molecule has 0 atom stereocenters. The minimum Gasteiger partial charge on any atom is -0.463 e. The van der Waals surface area contributed by atoms with Gasteiger partial charge in [0.1, 0.15) is 0 Å². The molecule has 0 spiro atoms. The predicted molar refractivity (Wildman–Crippen MR) is 129 cm³/mol.